The molecule has 132 valence electrons. The van der Waals surface area contributed by atoms with E-state index in [-0.39, 0.29) is 0 Å². The van der Waals surface area contributed by atoms with Crippen molar-refractivity contribution in [2.45, 2.75) is 13.8 Å². The maximum atomic E-state index is 11.8. The number of hydrogen-bond donors (Lipinski definition) is 1. The molecule has 0 aliphatic heterocycles. The molecule has 24 heavy (non-hydrogen) atoms. The zero-order chi connectivity index (χ0) is 18.5. The summed E-state index contributed by atoms with van der Waals surface area (Å²) in [4.78, 5) is 3.96. The number of nitrogens with zero attached hydrogens (tertiary/aromatic N) is 3. The van der Waals surface area contributed by atoms with E-state index in [1.165, 1.54) is 18.4 Å². The van der Waals surface area contributed by atoms with E-state index in [1.807, 2.05) is 13.8 Å². The zero-order valence-corrected chi connectivity index (χ0v) is 15.5. The second kappa shape index (κ2) is 7.98. The van der Waals surface area contributed by atoms with Crippen molar-refractivity contribution in [1.29, 1.82) is 0 Å². The van der Waals surface area contributed by atoms with Crippen LogP contribution in [-0.4, -0.2) is 42.6 Å². The van der Waals surface area contributed by atoms with E-state index in [9.17, 15) is 8.42 Å². The van der Waals surface area contributed by atoms with Crippen LogP contribution in [0.5, 0.6) is 0 Å². The van der Waals surface area contributed by atoms with Crippen LogP contribution < -0.4 is 16.4 Å². The van der Waals surface area contributed by atoms with Crippen LogP contribution in [-0.2, 0) is 10.0 Å². The molecular weight excluding hydrogens is 328 g/mol. The van der Waals surface area contributed by atoms with Crippen LogP contribution in [0.3, 0.4) is 0 Å². The lowest BCUT2D eigenvalue weighted by molar-refractivity contribution is 0.504. The highest BCUT2D eigenvalue weighted by molar-refractivity contribution is 7.88. The van der Waals surface area contributed by atoms with Crippen molar-refractivity contribution in [3.05, 3.63) is 46.7 Å². The van der Waals surface area contributed by atoms with Crippen molar-refractivity contribution < 1.29 is 12.8 Å². The minimum absolute atomic E-state index is 0.510. The lowest BCUT2D eigenvalue weighted by Crippen LogP contribution is -2.27. The van der Waals surface area contributed by atoms with Gasteiger partial charge < -0.3 is 10.2 Å². The lowest BCUT2D eigenvalue weighted by Gasteiger charge is -2.19. The van der Waals surface area contributed by atoms with Crippen LogP contribution in [0.1, 0.15) is 13.8 Å². The number of allylic oxidation sites excluding steroid dienone is 2. The Morgan fingerprint density at radius 2 is 2.04 bits per heavy atom. The van der Waals surface area contributed by atoms with Crippen LogP contribution >= 0.6 is 0 Å². The molecule has 0 saturated heterocycles. The van der Waals surface area contributed by atoms with Crippen molar-refractivity contribution in [1.82, 2.24) is 13.9 Å². The van der Waals surface area contributed by atoms with Gasteiger partial charge in [0.15, 0.2) is 0 Å². The predicted octanol–water partition coefficient (Wildman–Crippen LogP) is 0.416. The molecule has 2 heterocycles. The van der Waals surface area contributed by atoms with Crippen molar-refractivity contribution in [2.75, 3.05) is 20.4 Å². The molecule has 0 bridgehead atoms. The summed E-state index contributed by atoms with van der Waals surface area (Å²) in [5, 5.41) is 0.671. The Labute approximate surface area is 142 Å². The Hall–Kier alpha value is -2.32. The van der Waals surface area contributed by atoms with Gasteiger partial charge >= 0.3 is 0 Å². The predicted molar refractivity (Wildman–Crippen MR) is 96.2 cm³/mol. The van der Waals surface area contributed by atoms with Gasteiger partial charge in [-0.2, -0.15) is 0 Å². The average Bonchev–Trinajstić information content (AvgIpc) is 3.14. The standard InChI is InChI=1S/C15H19N3O3S.CH5N/c1-11(2)13(17(4)22(5,19)20)9-14-12(3)8-15(21-14)18-7-6-16-10-18;1-2/h6-10H,3H2,1-2,4-5H3;2H2,1H3/b14-9+;. The molecule has 2 rings (SSSR count). The Kier molecular flexibility index (Phi) is 6.56. The summed E-state index contributed by atoms with van der Waals surface area (Å²) in [5.41, 5.74) is 6.42. The van der Waals surface area contributed by atoms with E-state index in [2.05, 4.69) is 17.3 Å². The molecule has 0 spiro atoms. The Morgan fingerprint density at radius 1 is 1.42 bits per heavy atom. The first kappa shape index (κ1) is 19.7. The molecule has 0 aliphatic rings. The van der Waals surface area contributed by atoms with Gasteiger partial charge in [0.05, 0.1) is 12.0 Å². The van der Waals surface area contributed by atoms with Crippen LogP contribution in [0.4, 0.5) is 0 Å². The highest BCUT2D eigenvalue weighted by Crippen LogP contribution is 2.13. The van der Waals surface area contributed by atoms with Crippen LogP contribution in [0, 0.1) is 0 Å². The van der Waals surface area contributed by atoms with Gasteiger partial charge in [0, 0.05) is 36.8 Å². The summed E-state index contributed by atoms with van der Waals surface area (Å²) in [6.07, 6.45) is 7.86. The molecule has 2 aromatic rings. The maximum absolute atomic E-state index is 11.8. The Morgan fingerprint density at radius 3 is 2.50 bits per heavy atom. The van der Waals surface area contributed by atoms with E-state index in [4.69, 9.17) is 4.42 Å². The fraction of sp³-hybridized carbons (Fsp3) is 0.312. The molecule has 0 aromatic carbocycles. The molecule has 0 fully saturated rings. The third kappa shape index (κ3) is 4.59. The maximum Gasteiger partial charge on any atom is 0.231 e. The second-order valence-electron chi connectivity index (χ2n) is 5.20. The first-order valence-corrected chi connectivity index (χ1v) is 9.03. The van der Waals surface area contributed by atoms with Crippen LogP contribution in [0.15, 0.2) is 40.5 Å². The smallest absolute Gasteiger partial charge is 0.231 e. The molecule has 0 aliphatic carbocycles. The molecular formula is C16H24N4O3S. The highest BCUT2D eigenvalue weighted by atomic mass is 32.2. The Balaban J connectivity index is 0.00000139. The van der Waals surface area contributed by atoms with Gasteiger partial charge in [-0.1, -0.05) is 12.2 Å². The summed E-state index contributed by atoms with van der Waals surface area (Å²) in [6.45, 7) is 7.62. The average molecular weight is 352 g/mol. The minimum atomic E-state index is -3.35. The van der Waals surface area contributed by atoms with Crippen molar-refractivity contribution >= 4 is 22.7 Å². The summed E-state index contributed by atoms with van der Waals surface area (Å²) in [5.74, 6) is 0.573. The molecule has 8 heteroatoms. The first-order valence-electron chi connectivity index (χ1n) is 7.18. The second-order valence-corrected chi connectivity index (χ2v) is 7.22. The number of sulfonamides is 1. The molecule has 0 amide bonds. The molecule has 0 unspecified atom stereocenters. The largest absolute Gasteiger partial charge is 0.440 e. The van der Waals surface area contributed by atoms with Gasteiger partial charge in [-0.3, -0.25) is 8.87 Å². The first-order chi connectivity index (χ1) is 11.2. The van der Waals surface area contributed by atoms with Gasteiger partial charge in [-0.05, 0) is 20.9 Å². The number of aromatic nitrogens is 2. The van der Waals surface area contributed by atoms with Gasteiger partial charge in [0.25, 0.3) is 0 Å². The van der Waals surface area contributed by atoms with E-state index < -0.39 is 10.0 Å². The third-order valence-corrected chi connectivity index (χ3v) is 4.40. The van der Waals surface area contributed by atoms with Gasteiger partial charge in [0.2, 0.25) is 15.9 Å². The van der Waals surface area contributed by atoms with Gasteiger partial charge in [-0.25, -0.2) is 13.4 Å². The fourth-order valence-corrected chi connectivity index (χ4v) is 2.51. The van der Waals surface area contributed by atoms with Gasteiger partial charge in [-0.15, -0.1) is 0 Å². The number of rotatable bonds is 4. The lowest BCUT2D eigenvalue weighted by atomic mass is 10.2. The monoisotopic (exact) mass is 352 g/mol. The zero-order valence-electron chi connectivity index (χ0n) is 14.6. The number of hydrogen-bond acceptors (Lipinski definition) is 5. The summed E-state index contributed by atoms with van der Waals surface area (Å²) in [6, 6.07) is 1.77. The third-order valence-electron chi connectivity index (χ3n) is 3.20. The van der Waals surface area contributed by atoms with Crippen molar-refractivity contribution in [2.24, 2.45) is 5.73 Å². The fourth-order valence-electron chi connectivity index (χ4n) is 1.92. The van der Waals surface area contributed by atoms with Gasteiger partial charge in [0.1, 0.15) is 11.7 Å². The molecule has 7 nitrogen and oxygen atoms in total. The number of nitrogens with two attached hydrogens (primary N) is 1. The molecule has 0 radical (unpaired) electrons. The quantitative estimate of drug-likeness (QED) is 0.860. The SMILES string of the molecule is C=c1cc(-n2ccnc2)o/c1=C/C(=C(C)C)N(C)S(C)(=O)=O.CN. The van der Waals surface area contributed by atoms with E-state index in [0.717, 1.165) is 11.8 Å². The number of furan rings is 1. The normalized spacial score (nSPS) is 11.7. The van der Waals surface area contributed by atoms with Crippen LogP contribution in [0.25, 0.3) is 18.5 Å². The Bertz CT molecular complexity index is 905. The highest BCUT2D eigenvalue weighted by Gasteiger charge is 2.14. The minimum Gasteiger partial charge on any atom is -0.440 e. The summed E-state index contributed by atoms with van der Waals surface area (Å²) >= 11 is 0. The van der Waals surface area contributed by atoms with Crippen molar-refractivity contribution in [3.8, 4) is 5.88 Å². The van der Waals surface area contributed by atoms with E-state index >= 15 is 0 Å². The van der Waals surface area contributed by atoms with E-state index in [0.29, 0.717) is 22.2 Å². The molecule has 2 aromatic heterocycles. The number of imidazole rings is 1. The summed E-state index contributed by atoms with van der Waals surface area (Å²) in [7, 11) is -0.339. The molecule has 2 N–H and O–H groups in total. The van der Waals surface area contributed by atoms with Crippen molar-refractivity contribution in [3.63, 3.8) is 0 Å². The molecule has 0 atom stereocenters. The van der Waals surface area contributed by atoms with E-state index in [1.54, 1.807) is 35.4 Å². The molecule has 0 saturated carbocycles. The van der Waals surface area contributed by atoms with Crippen LogP contribution in [0.2, 0.25) is 0 Å². The topological polar surface area (TPSA) is 94.4 Å². The summed E-state index contributed by atoms with van der Waals surface area (Å²) < 4.78 is 32.2.